The van der Waals surface area contributed by atoms with Crippen molar-refractivity contribution in [3.8, 4) is 0 Å². The van der Waals surface area contributed by atoms with Gasteiger partial charge in [0.15, 0.2) is 0 Å². The lowest BCUT2D eigenvalue weighted by molar-refractivity contribution is 0.191. The Labute approximate surface area is 97.9 Å². The highest BCUT2D eigenvalue weighted by atomic mass is 16.3. The van der Waals surface area contributed by atoms with E-state index in [1.54, 1.807) is 6.92 Å². The van der Waals surface area contributed by atoms with Crippen molar-refractivity contribution in [3.05, 3.63) is 35.9 Å². The molecule has 90 valence electrons. The van der Waals surface area contributed by atoms with E-state index in [0.29, 0.717) is 6.54 Å². The van der Waals surface area contributed by atoms with Crippen molar-refractivity contribution in [1.82, 2.24) is 10.6 Å². The second-order valence-electron chi connectivity index (χ2n) is 4.04. The van der Waals surface area contributed by atoms with Gasteiger partial charge < -0.3 is 15.7 Å². The quantitative estimate of drug-likeness (QED) is 0.570. The predicted octanol–water partition coefficient (Wildman–Crippen LogP) is 0.789. The van der Waals surface area contributed by atoms with E-state index in [2.05, 4.69) is 34.9 Å². The Hall–Kier alpha value is -0.900. The molecule has 1 aromatic carbocycles. The summed E-state index contributed by atoms with van der Waals surface area (Å²) in [7, 11) is 0. The molecule has 3 heteroatoms. The van der Waals surface area contributed by atoms with Crippen molar-refractivity contribution >= 4 is 0 Å². The number of nitrogens with one attached hydrogen (secondary N) is 2. The summed E-state index contributed by atoms with van der Waals surface area (Å²) in [6.45, 7) is 5.30. The summed E-state index contributed by atoms with van der Waals surface area (Å²) in [5.41, 5.74) is 1.37. The van der Waals surface area contributed by atoms with Gasteiger partial charge in [0.1, 0.15) is 0 Å². The molecule has 0 spiro atoms. The van der Waals surface area contributed by atoms with Crippen LogP contribution in [0.3, 0.4) is 0 Å². The van der Waals surface area contributed by atoms with E-state index in [1.165, 1.54) is 5.56 Å². The van der Waals surface area contributed by atoms with Gasteiger partial charge in [-0.15, -0.1) is 0 Å². The normalized spacial score (nSPS) is 12.6. The number of aliphatic hydroxyl groups excluding tert-OH is 1. The van der Waals surface area contributed by atoms with Crippen molar-refractivity contribution in [1.29, 1.82) is 0 Å². The molecular weight excluding hydrogens is 200 g/mol. The fourth-order valence-electron chi connectivity index (χ4n) is 1.49. The zero-order valence-electron chi connectivity index (χ0n) is 9.95. The predicted molar refractivity (Wildman–Crippen MR) is 67.6 cm³/mol. The highest BCUT2D eigenvalue weighted by Crippen LogP contribution is 1.97. The average Bonchev–Trinajstić information content (AvgIpc) is 2.29. The third-order valence-corrected chi connectivity index (χ3v) is 2.35. The molecule has 0 amide bonds. The summed E-state index contributed by atoms with van der Waals surface area (Å²) in [6.07, 6.45) is 0.807. The molecule has 16 heavy (non-hydrogen) atoms. The molecule has 1 aromatic rings. The smallest absolute Gasteiger partial charge is 0.0636 e. The first-order valence-electron chi connectivity index (χ1n) is 5.92. The molecule has 0 fully saturated rings. The van der Waals surface area contributed by atoms with Crippen LogP contribution in [0.1, 0.15) is 12.5 Å². The highest BCUT2D eigenvalue weighted by molar-refractivity contribution is 5.14. The first-order valence-corrected chi connectivity index (χ1v) is 5.92. The molecule has 0 aromatic heterocycles. The summed E-state index contributed by atoms with van der Waals surface area (Å²) < 4.78 is 0. The van der Waals surface area contributed by atoms with Crippen LogP contribution in [-0.4, -0.2) is 37.4 Å². The van der Waals surface area contributed by atoms with E-state index in [0.717, 1.165) is 26.1 Å². The molecule has 0 saturated heterocycles. The van der Waals surface area contributed by atoms with E-state index in [4.69, 9.17) is 5.11 Å². The SMILES string of the molecule is CC(O)CNCCNCCc1ccccc1. The molecule has 0 bridgehead atoms. The monoisotopic (exact) mass is 222 g/mol. The zero-order chi connectivity index (χ0) is 11.6. The fourth-order valence-corrected chi connectivity index (χ4v) is 1.49. The van der Waals surface area contributed by atoms with E-state index in [1.807, 2.05) is 6.07 Å². The summed E-state index contributed by atoms with van der Waals surface area (Å²) in [6, 6.07) is 10.5. The van der Waals surface area contributed by atoms with Crippen LogP contribution in [0.2, 0.25) is 0 Å². The molecule has 1 atom stereocenters. The Morgan fingerprint density at radius 1 is 1.06 bits per heavy atom. The molecule has 0 aliphatic carbocycles. The van der Waals surface area contributed by atoms with Gasteiger partial charge in [-0.05, 0) is 25.5 Å². The van der Waals surface area contributed by atoms with Crippen LogP contribution in [0.15, 0.2) is 30.3 Å². The van der Waals surface area contributed by atoms with Crippen molar-refractivity contribution < 1.29 is 5.11 Å². The molecule has 0 aliphatic rings. The molecule has 1 unspecified atom stereocenters. The Morgan fingerprint density at radius 2 is 1.75 bits per heavy atom. The topological polar surface area (TPSA) is 44.3 Å². The lowest BCUT2D eigenvalue weighted by Crippen LogP contribution is -2.32. The van der Waals surface area contributed by atoms with Gasteiger partial charge in [-0.2, -0.15) is 0 Å². The van der Waals surface area contributed by atoms with Gasteiger partial charge in [0.25, 0.3) is 0 Å². The highest BCUT2D eigenvalue weighted by Gasteiger charge is 1.94. The van der Waals surface area contributed by atoms with Crippen LogP contribution < -0.4 is 10.6 Å². The first kappa shape index (κ1) is 13.2. The summed E-state index contributed by atoms with van der Waals surface area (Å²) in [5, 5.41) is 15.6. The summed E-state index contributed by atoms with van der Waals surface area (Å²) in [4.78, 5) is 0. The minimum absolute atomic E-state index is 0.260. The van der Waals surface area contributed by atoms with Crippen molar-refractivity contribution in [3.63, 3.8) is 0 Å². The number of rotatable bonds is 8. The van der Waals surface area contributed by atoms with E-state index in [9.17, 15) is 0 Å². The van der Waals surface area contributed by atoms with Crippen LogP contribution in [0, 0.1) is 0 Å². The summed E-state index contributed by atoms with van der Waals surface area (Å²) in [5.74, 6) is 0. The molecule has 3 N–H and O–H groups in total. The van der Waals surface area contributed by atoms with Gasteiger partial charge >= 0.3 is 0 Å². The van der Waals surface area contributed by atoms with Gasteiger partial charge in [-0.1, -0.05) is 30.3 Å². The molecular formula is C13H22N2O. The van der Waals surface area contributed by atoms with Crippen molar-refractivity contribution in [2.24, 2.45) is 0 Å². The lowest BCUT2D eigenvalue weighted by Gasteiger charge is -2.08. The van der Waals surface area contributed by atoms with E-state index in [-0.39, 0.29) is 6.10 Å². The van der Waals surface area contributed by atoms with Crippen LogP contribution >= 0.6 is 0 Å². The largest absolute Gasteiger partial charge is 0.392 e. The average molecular weight is 222 g/mol. The second kappa shape index (κ2) is 8.28. The zero-order valence-corrected chi connectivity index (χ0v) is 9.95. The Bertz CT molecular complexity index is 262. The minimum atomic E-state index is -0.260. The van der Waals surface area contributed by atoms with E-state index < -0.39 is 0 Å². The second-order valence-corrected chi connectivity index (χ2v) is 4.04. The van der Waals surface area contributed by atoms with Crippen molar-refractivity contribution in [2.45, 2.75) is 19.4 Å². The van der Waals surface area contributed by atoms with Crippen LogP contribution in [0.5, 0.6) is 0 Å². The number of aliphatic hydroxyl groups is 1. The van der Waals surface area contributed by atoms with Gasteiger partial charge in [0.05, 0.1) is 6.10 Å². The molecule has 3 nitrogen and oxygen atoms in total. The fraction of sp³-hybridized carbons (Fsp3) is 0.538. The minimum Gasteiger partial charge on any atom is -0.392 e. The first-order chi connectivity index (χ1) is 7.79. The van der Waals surface area contributed by atoms with Gasteiger partial charge in [-0.3, -0.25) is 0 Å². The Kier molecular flexibility index (Phi) is 6.81. The van der Waals surface area contributed by atoms with Crippen LogP contribution in [0.4, 0.5) is 0 Å². The third kappa shape index (κ3) is 6.56. The van der Waals surface area contributed by atoms with Crippen LogP contribution in [-0.2, 0) is 6.42 Å². The Morgan fingerprint density at radius 3 is 2.44 bits per heavy atom. The van der Waals surface area contributed by atoms with Gasteiger partial charge in [0.2, 0.25) is 0 Å². The number of benzene rings is 1. The molecule has 0 aliphatic heterocycles. The summed E-state index contributed by atoms with van der Waals surface area (Å²) >= 11 is 0. The molecule has 0 saturated carbocycles. The third-order valence-electron chi connectivity index (χ3n) is 2.35. The molecule has 1 rings (SSSR count). The number of hydrogen-bond donors (Lipinski definition) is 3. The molecule has 0 heterocycles. The maximum atomic E-state index is 9.02. The van der Waals surface area contributed by atoms with E-state index >= 15 is 0 Å². The van der Waals surface area contributed by atoms with Crippen molar-refractivity contribution in [2.75, 3.05) is 26.2 Å². The van der Waals surface area contributed by atoms with Crippen LogP contribution in [0.25, 0.3) is 0 Å². The maximum Gasteiger partial charge on any atom is 0.0636 e. The van der Waals surface area contributed by atoms with Gasteiger partial charge in [-0.25, -0.2) is 0 Å². The lowest BCUT2D eigenvalue weighted by atomic mass is 10.1. The Balaban J connectivity index is 1.93. The molecule has 0 radical (unpaired) electrons. The number of hydrogen-bond acceptors (Lipinski definition) is 3. The standard InChI is InChI=1S/C13H22N2O/c1-12(16)11-15-10-9-14-8-7-13-5-3-2-4-6-13/h2-6,12,14-16H,7-11H2,1H3. The maximum absolute atomic E-state index is 9.02. The van der Waals surface area contributed by atoms with Gasteiger partial charge in [0, 0.05) is 19.6 Å².